The van der Waals surface area contributed by atoms with Crippen molar-refractivity contribution in [3.8, 4) is 0 Å². The number of likely N-dealkylation sites (N-methyl/N-ethyl adjacent to an activating group) is 2. The van der Waals surface area contributed by atoms with Gasteiger partial charge in [-0.25, -0.2) is 0 Å². The zero-order chi connectivity index (χ0) is 13.7. The van der Waals surface area contributed by atoms with Gasteiger partial charge >= 0.3 is 0 Å². The van der Waals surface area contributed by atoms with E-state index in [9.17, 15) is 0 Å². The third-order valence-corrected chi connectivity index (χ3v) is 4.93. The fourth-order valence-corrected chi connectivity index (χ4v) is 3.79. The first-order chi connectivity index (χ1) is 9.20. The van der Waals surface area contributed by atoms with Gasteiger partial charge in [0.05, 0.1) is 12.6 Å². The van der Waals surface area contributed by atoms with Crippen LogP contribution in [-0.2, 0) is 4.74 Å². The van der Waals surface area contributed by atoms with Gasteiger partial charge in [-0.2, -0.15) is 0 Å². The molecule has 0 amide bonds. The molecule has 1 aliphatic carbocycles. The van der Waals surface area contributed by atoms with E-state index >= 15 is 0 Å². The van der Waals surface area contributed by atoms with Crippen LogP contribution in [0.2, 0.25) is 0 Å². The van der Waals surface area contributed by atoms with Crippen molar-refractivity contribution in [3.63, 3.8) is 0 Å². The lowest BCUT2D eigenvalue weighted by Gasteiger charge is -2.46. The van der Waals surface area contributed by atoms with Gasteiger partial charge in [0.15, 0.2) is 0 Å². The van der Waals surface area contributed by atoms with Gasteiger partial charge in [-0.3, -0.25) is 0 Å². The predicted octanol–water partition coefficient (Wildman–Crippen LogP) is 2.92. The minimum absolute atomic E-state index is 0.217. The smallest absolute Gasteiger partial charge is 0.111 e. The van der Waals surface area contributed by atoms with Crippen molar-refractivity contribution in [2.45, 2.75) is 62.9 Å². The van der Waals surface area contributed by atoms with Crippen LogP contribution in [0.3, 0.4) is 0 Å². The minimum atomic E-state index is 0.217. The molecular weight excluding hydrogens is 236 g/mol. The highest BCUT2D eigenvalue weighted by atomic mass is 16.5. The number of hydrogen-bond donors (Lipinski definition) is 1. The van der Waals surface area contributed by atoms with Gasteiger partial charge in [0.25, 0.3) is 0 Å². The quantitative estimate of drug-likeness (QED) is 0.792. The average Bonchev–Trinajstić information content (AvgIpc) is 2.68. The Bertz CT molecular complexity index is 304. The number of nitrogens with one attached hydrogen (secondary N) is 1. The summed E-state index contributed by atoms with van der Waals surface area (Å²) in [6, 6.07) is 0.334. The Morgan fingerprint density at radius 1 is 1.16 bits per heavy atom. The van der Waals surface area contributed by atoms with E-state index < -0.39 is 0 Å². The second-order valence-corrected chi connectivity index (χ2v) is 6.23. The predicted molar refractivity (Wildman–Crippen MR) is 80.2 cm³/mol. The molecule has 0 aromatic heterocycles. The molecular formula is C16H30N2O. The zero-order valence-electron chi connectivity index (χ0n) is 12.9. The number of ether oxygens (including phenoxy) is 1. The zero-order valence-corrected chi connectivity index (χ0v) is 12.9. The molecule has 0 spiro atoms. The highest BCUT2D eigenvalue weighted by Gasteiger charge is 2.43. The molecule has 0 aromatic rings. The molecule has 0 aromatic carbocycles. The maximum atomic E-state index is 5.97. The van der Waals surface area contributed by atoms with Crippen LogP contribution in [-0.4, -0.2) is 44.2 Å². The van der Waals surface area contributed by atoms with Crippen molar-refractivity contribution >= 4 is 0 Å². The van der Waals surface area contributed by atoms with Gasteiger partial charge < -0.3 is 15.0 Å². The van der Waals surface area contributed by atoms with Crippen molar-refractivity contribution in [1.82, 2.24) is 10.2 Å². The van der Waals surface area contributed by atoms with Crippen LogP contribution >= 0.6 is 0 Å². The topological polar surface area (TPSA) is 24.5 Å². The molecule has 0 bridgehead atoms. The average molecular weight is 266 g/mol. The molecule has 0 radical (unpaired) electrons. The summed E-state index contributed by atoms with van der Waals surface area (Å²) in [5, 5.41) is 3.56. The summed E-state index contributed by atoms with van der Waals surface area (Å²) in [6.07, 6.45) is 12.6. The van der Waals surface area contributed by atoms with Crippen molar-refractivity contribution in [2.24, 2.45) is 0 Å². The molecule has 2 rings (SSSR count). The lowest BCUT2D eigenvalue weighted by molar-refractivity contribution is 0.0578. The van der Waals surface area contributed by atoms with E-state index in [1.165, 1.54) is 44.3 Å². The highest BCUT2D eigenvalue weighted by Crippen LogP contribution is 2.37. The van der Waals surface area contributed by atoms with Crippen LogP contribution in [0.1, 0.15) is 51.4 Å². The second kappa shape index (κ2) is 6.76. The van der Waals surface area contributed by atoms with E-state index in [0.717, 1.165) is 19.4 Å². The molecule has 1 unspecified atom stereocenters. The Balaban J connectivity index is 2.26. The fourth-order valence-electron chi connectivity index (χ4n) is 3.79. The van der Waals surface area contributed by atoms with Crippen LogP contribution in [0.5, 0.6) is 0 Å². The standard InChI is InChI=1S/C16H30N2O/c1-17-15(14-10-6-9-13-19-14)16(18(2)3)11-7-4-5-8-12-16/h10,15,17H,4-9,11-13H2,1-3H3. The molecule has 110 valence electrons. The Kier molecular flexibility index (Phi) is 5.28. The van der Waals surface area contributed by atoms with E-state index in [1.54, 1.807) is 0 Å². The lowest BCUT2D eigenvalue weighted by atomic mass is 9.80. The summed E-state index contributed by atoms with van der Waals surface area (Å²) in [6.45, 7) is 0.882. The summed E-state index contributed by atoms with van der Waals surface area (Å²) in [5.74, 6) is 1.18. The summed E-state index contributed by atoms with van der Waals surface area (Å²) >= 11 is 0. The van der Waals surface area contributed by atoms with Crippen LogP contribution in [0.25, 0.3) is 0 Å². The third-order valence-electron chi connectivity index (χ3n) is 4.93. The van der Waals surface area contributed by atoms with E-state index in [0.29, 0.717) is 6.04 Å². The van der Waals surface area contributed by atoms with Crippen LogP contribution in [0.4, 0.5) is 0 Å². The first-order valence-electron chi connectivity index (χ1n) is 7.88. The molecule has 0 saturated heterocycles. The lowest BCUT2D eigenvalue weighted by Crippen LogP contribution is -2.59. The Hall–Kier alpha value is -0.540. The fraction of sp³-hybridized carbons (Fsp3) is 0.875. The van der Waals surface area contributed by atoms with Crippen molar-refractivity contribution < 1.29 is 4.74 Å². The number of nitrogens with zero attached hydrogens (tertiary/aromatic N) is 1. The summed E-state index contributed by atoms with van der Waals surface area (Å²) < 4.78 is 5.97. The normalized spacial score (nSPS) is 25.4. The third kappa shape index (κ3) is 3.14. The van der Waals surface area contributed by atoms with E-state index in [1.807, 2.05) is 0 Å². The van der Waals surface area contributed by atoms with Crippen LogP contribution < -0.4 is 5.32 Å². The largest absolute Gasteiger partial charge is 0.497 e. The molecule has 1 aliphatic heterocycles. The highest BCUT2D eigenvalue weighted by molar-refractivity contribution is 5.16. The van der Waals surface area contributed by atoms with E-state index in [2.05, 4.69) is 37.4 Å². The number of hydrogen-bond acceptors (Lipinski definition) is 3. The van der Waals surface area contributed by atoms with Crippen molar-refractivity contribution in [2.75, 3.05) is 27.7 Å². The van der Waals surface area contributed by atoms with Gasteiger partial charge in [-0.05, 0) is 52.9 Å². The molecule has 1 N–H and O–H groups in total. The first kappa shape index (κ1) is 14.9. The Morgan fingerprint density at radius 3 is 2.32 bits per heavy atom. The van der Waals surface area contributed by atoms with Gasteiger partial charge in [-0.15, -0.1) is 0 Å². The molecule has 2 aliphatic rings. The molecule has 3 nitrogen and oxygen atoms in total. The molecule has 19 heavy (non-hydrogen) atoms. The number of rotatable bonds is 4. The van der Waals surface area contributed by atoms with Gasteiger partial charge in [0.2, 0.25) is 0 Å². The minimum Gasteiger partial charge on any atom is -0.497 e. The summed E-state index contributed by atoms with van der Waals surface area (Å²) in [4.78, 5) is 2.44. The van der Waals surface area contributed by atoms with Crippen LogP contribution in [0.15, 0.2) is 11.8 Å². The number of allylic oxidation sites excluding steroid dienone is 1. The van der Waals surface area contributed by atoms with Crippen molar-refractivity contribution in [3.05, 3.63) is 11.8 Å². The maximum Gasteiger partial charge on any atom is 0.111 e. The van der Waals surface area contributed by atoms with Crippen molar-refractivity contribution in [1.29, 1.82) is 0 Å². The summed E-state index contributed by atoms with van der Waals surface area (Å²) in [5.41, 5.74) is 0.217. The second-order valence-electron chi connectivity index (χ2n) is 6.23. The van der Waals surface area contributed by atoms with Crippen LogP contribution in [0, 0.1) is 0 Å². The van der Waals surface area contributed by atoms with Gasteiger partial charge in [0.1, 0.15) is 5.76 Å². The molecule has 1 atom stereocenters. The monoisotopic (exact) mass is 266 g/mol. The first-order valence-corrected chi connectivity index (χ1v) is 7.88. The molecule has 1 saturated carbocycles. The van der Waals surface area contributed by atoms with Gasteiger partial charge in [0, 0.05) is 5.54 Å². The van der Waals surface area contributed by atoms with E-state index in [-0.39, 0.29) is 5.54 Å². The molecule has 1 fully saturated rings. The molecule has 3 heteroatoms. The maximum absolute atomic E-state index is 5.97. The summed E-state index contributed by atoms with van der Waals surface area (Å²) in [7, 11) is 6.55. The molecule has 1 heterocycles. The SMILES string of the molecule is CNC(C1=CCCCO1)C1(N(C)C)CCCCCC1. The Morgan fingerprint density at radius 2 is 1.84 bits per heavy atom. The van der Waals surface area contributed by atoms with E-state index in [4.69, 9.17) is 4.74 Å². The Labute approximate surface area is 118 Å². The van der Waals surface area contributed by atoms with Gasteiger partial charge in [-0.1, -0.05) is 25.7 Å².